The lowest BCUT2D eigenvalue weighted by atomic mass is 10.1. The van der Waals surface area contributed by atoms with E-state index >= 15 is 0 Å². The Morgan fingerprint density at radius 3 is 3.03 bits per heavy atom. The molecule has 8 nitrogen and oxygen atoms in total. The molecule has 1 saturated heterocycles. The van der Waals surface area contributed by atoms with Crippen LogP contribution in [0.4, 0.5) is 15.9 Å². The Balaban J connectivity index is 1.60. The van der Waals surface area contributed by atoms with Crippen LogP contribution >= 0.6 is 11.3 Å². The Bertz CT molecular complexity index is 1120. The number of halogens is 1. The maximum atomic E-state index is 14.1. The lowest BCUT2D eigenvalue weighted by molar-refractivity contribution is 0.0685. The monoisotopic (exact) mass is 459 g/mol. The van der Waals surface area contributed by atoms with Gasteiger partial charge < -0.3 is 20.5 Å². The fourth-order valence-electron chi connectivity index (χ4n) is 3.94. The fourth-order valence-corrected chi connectivity index (χ4v) is 4.94. The van der Waals surface area contributed by atoms with Crippen molar-refractivity contribution in [3.8, 4) is 5.75 Å². The summed E-state index contributed by atoms with van der Waals surface area (Å²) in [4.78, 5) is 23.8. The maximum absolute atomic E-state index is 14.1. The number of rotatable bonds is 8. The van der Waals surface area contributed by atoms with Gasteiger partial charge >= 0.3 is 0 Å². The van der Waals surface area contributed by atoms with Crippen molar-refractivity contribution in [1.29, 1.82) is 0 Å². The van der Waals surface area contributed by atoms with Crippen molar-refractivity contribution in [2.24, 2.45) is 5.73 Å². The van der Waals surface area contributed by atoms with E-state index in [1.165, 1.54) is 29.8 Å². The number of piperidine rings is 1. The molecule has 0 bridgehead atoms. The number of nitrogens with two attached hydrogens (primary N) is 1. The van der Waals surface area contributed by atoms with E-state index in [-0.39, 0.29) is 11.9 Å². The highest BCUT2D eigenvalue weighted by Crippen LogP contribution is 2.36. The number of fused-ring (bicyclic) bond motifs is 1. The molecule has 3 heterocycles. The Kier molecular flexibility index (Phi) is 6.83. The van der Waals surface area contributed by atoms with Gasteiger partial charge in [0.15, 0.2) is 0 Å². The first-order chi connectivity index (χ1) is 15.5. The number of anilines is 2. The molecule has 3 aromatic rings. The molecule has 4 rings (SSSR count). The number of thiophene rings is 1. The third kappa shape index (κ3) is 4.82. The molecular formula is C22H26FN5O3S. The van der Waals surface area contributed by atoms with Crippen molar-refractivity contribution in [1.82, 2.24) is 14.9 Å². The molecule has 10 heteroatoms. The molecule has 1 fully saturated rings. The third-order valence-corrected chi connectivity index (χ3v) is 6.73. The minimum atomic E-state index is -0.502. The van der Waals surface area contributed by atoms with Gasteiger partial charge in [0.05, 0.1) is 22.6 Å². The first kappa shape index (κ1) is 22.4. The average molecular weight is 460 g/mol. The number of carbonyl (C=O) groups excluding carboxylic acids is 1. The van der Waals surface area contributed by atoms with E-state index in [2.05, 4.69) is 20.2 Å². The van der Waals surface area contributed by atoms with Gasteiger partial charge in [-0.25, -0.2) is 14.4 Å². The second-order valence-electron chi connectivity index (χ2n) is 7.76. The summed E-state index contributed by atoms with van der Waals surface area (Å²) in [6.07, 6.45) is 3.26. The van der Waals surface area contributed by atoms with Gasteiger partial charge in [0.1, 0.15) is 34.6 Å². The second-order valence-corrected chi connectivity index (χ2v) is 8.76. The highest BCUT2D eigenvalue weighted by molar-refractivity contribution is 7.20. The number of nitrogens with zero attached hydrogens (tertiary/aromatic N) is 3. The van der Waals surface area contributed by atoms with Crippen LogP contribution in [0, 0.1) is 12.7 Å². The molecule has 1 aliphatic heterocycles. The molecule has 1 amide bonds. The van der Waals surface area contributed by atoms with Crippen LogP contribution in [0.3, 0.4) is 0 Å². The fraction of sp³-hybridized carbons (Fsp3) is 0.409. The van der Waals surface area contributed by atoms with Gasteiger partial charge in [0.25, 0.3) is 5.91 Å². The topological polar surface area (TPSA) is 103 Å². The third-order valence-electron chi connectivity index (χ3n) is 5.51. The molecule has 1 unspecified atom stereocenters. The van der Waals surface area contributed by atoms with Crippen LogP contribution in [0.5, 0.6) is 5.75 Å². The van der Waals surface area contributed by atoms with Gasteiger partial charge in [-0.05, 0) is 44.0 Å². The molecule has 170 valence electrons. The Labute approximate surface area is 189 Å². The summed E-state index contributed by atoms with van der Waals surface area (Å²) in [6, 6.07) is 4.37. The number of aryl methyl sites for hydroxylation is 1. The smallest absolute Gasteiger partial charge is 0.259 e. The van der Waals surface area contributed by atoms with Crippen molar-refractivity contribution in [3.05, 3.63) is 40.8 Å². The molecular weight excluding hydrogens is 433 g/mol. The van der Waals surface area contributed by atoms with Gasteiger partial charge in [0.2, 0.25) is 0 Å². The average Bonchev–Trinajstić information content (AvgIpc) is 3.12. The minimum Gasteiger partial charge on any atom is -0.487 e. The van der Waals surface area contributed by atoms with Gasteiger partial charge in [-0.1, -0.05) is 0 Å². The van der Waals surface area contributed by atoms with E-state index in [9.17, 15) is 9.18 Å². The predicted octanol–water partition coefficient (Wildman–Crippen LogP) is 3.47. The summed E-state index contributed by atoms with van der Waals surface area (Å²) in [7, 11) is 1.69. The number of aromatic nitrogens is 2. The van der Waals surface area contributed by atoms with E-state index < -0.39 is 5.91 Å². The summed E-state index contributed by atoms with van der Waals surface area (Å²) in [5.41, 5.74) is 6.80. The number of benzene rings is 1. The SMILES string of the molecule is COCCN1CCCC(Oc2cc(F)ccc2Nc2ncnc3sc(C(N)=O)c(C)c23)C1. The highest BCUT2D eigenvalue weighted by Gasteiger charge is 2.23. The van der Waals surface area contributed by atoms with Crippen LogP contribution in [-0.4, -0.2) is 60.2 Å². The van der Waals surface area contributed by atoms with Crippen LogP contribution in [0.25, 0.3) is 10.2 Å². The van der Waals surface area contributed by atoms with Crippen molar-refractivity contribution in [3.63, 3.8) is 0 Å². The Morgan fingerprint density at radius 2 is 2.25 bits per heavy atom. The number of likely N-dealkylation sites (tertiary alicyclic amines) is 1. The number of amides is 1. The predicted molar refractivity (Wildman–Crippen MR) is 122 cm³/mol. The standard InChI is InChI=1S/C22H26FN5O3S/c1-13-18-21(25-12-26-22(18)32-19(13)20(24)29)27-16-6-5-14(23)10-17(16)31-15-4-3-7-28(11-15)8-9-30-2/h5-6,10,12,15H,3-4,7-9,11H2,1-2H3,(H2,24,29)(H,25,26,27). The number of carbonyl (C=O) groups is 1. The molecule has 0 aliphatic carbocycles. The number of hydrogen-bond donors (Lipinski definition) is 2. The molecule has 1 aliphatic rings. The molecule has 0 saturated carbocycles. The summed E-state index contributed by atoms with van der Waals surface area (Å²) >= 11 is 1.23. The Hall–Kier alpha value is -2.82. The molecule has 0 radical (unpaired) electrons. The van der Waals surface area contributed by atoms with E-state index in [4.69, 9.17) is 15.2 Å². The number of ether oxygens (including phenoxy) is 2. The number of hydrogen-bond acceptors (Lipinski definition) is 8. The molecule has 1 atom stereocenters. The van der Waals surface area contributed by atoms with E-state index in [0.29, 0.717) is 44.5 Å². The molecule has 32 heavy (non-hydrogen) atoms. The normalized spacial score (nSPS) is 16.9. The first-order valence-corrected chi connectivity index (χ1v) is 11.3. The number of nitrogens with one attached hydrogen (secondary N) is 1. The van der Waals surface area contributed by atoms with Crippen LogP contribution in [-0.2, 0) is 4.74 Å². The Morgan fingerprint density at radius 1 is 1.41 bits per heavy atom. The van der Waals surface area contributed by atoms with Crippen molar-refractivity contribution >= 4 is 39.0 Å². The molecule has 2 aromatic heterocycles. The molecule has 0 spiro atoms. The van der Waals surface area contributed by atoms with Crippen LogP contribution in [0.2, 0.25) is 0 Å². The zero-order valence-corrected chi connectivity index (χ0v) is 18.9. The van der Waals surface area contributed by atoms with Crippen molar-refractivity contribution in [2.45, 2.75) is 25.9 Å². The zero-order chi connectivity index (χ0) is 22.7. The number of primary amides is 1. The van der Waals surface area contributed by atoms with Crippen LogP contribution < -0.4 is 15.8 Å². The molecule has 3 N–H and O–H groups in total. The van der Waals surface area contributed by atoms with E-state index in [1.54, 1.807) is 13.2 Å². The number of methoxy groups -OCH3 is 1. The summed E-state index contributed by atoms with van der Waals surface area (Å²) < 4.78 is 25.5. The molecule has 1 aromatic carbocycles. The van der Waals surface area contributed by atoms with Crippen LogP contribution in [0.1, 0.15) is 28.1 Å². The van der Waals surface area contributed by atoms with E-state index in [1.807, 2.05) is 6.92 Å². The van der Waals surface area contributed by atoms with Gasteiger partial charge in [0, 0.05) is 26.3 Å². The highest BCUT2D eigenvalue weighted by atomic mass is 32.1. The van der Waals surface area contributed by atoms with Gasteiger partial charge in [-0.2, -0.15) is 0 Å². The summed E-state index contributed by atoms with van der Waals surface area (Å²) in [5.74, 6) is 0.0437. The lowest BCUT2D eigenvalue weighted by Gasteiger charge is -2.33. The van der Waals surface area contributed by atoms with Gasteiger partial charge in [-0.3, -0.25) is 9.69 Å². The maximum Gasteiger partial charge on any atom is 0.259 e. The van der Waals surface area contributed by atoms with Crippen molar-refractivity contribution < 1.29 is 18.7 Å². The minimum absolute atomic E-state index is 0.0577. The second kappa shape index (κ2) is 9.76. The largest absolute Gasteiger partial charge is 0.487 e. The van der Waals surface area contributed by atoms with Crippen LogP contribution in [0.15, 0.2) is 24.5 Å². The zero-order valence-electron chi connectivity index (χ0n) is 18.1. The van der Waals surface area contributed by atoms with Gasteiger partial charge in [-0.15, -0.1) is 11.3 Å². The lowest BCUT2D eigenvalue weighted by Crippen LogP contribution is -2.42. The van der Waals surface area contributed by atoms with Crippen molar-refractivity contribution in [2.75, 3.05) is 38.7 Å². The quantitative estimate of drug-likeness (QED) is 0.532. The summed E-state index contributed by atoms with van der Waals surface area (Å²) in [5, 5.41) is 3.96. The van der Waals surface area contributed by atoms with E-state index in [0.717, 1.165) is 32.5 Å². The summed E-state index contributed by atoms with van der Waals surface area (Å²) in [6.45, 7) is 5.06. The first-order valence-electron chi connectivity index (χ1n) is 10.4.